The normalized spacial score (nSPS) is 30.9. The molecule has 2 fully saturated rings. The van der Waals surface area contributed by atoms with Crippen LogP contribution in [0.5, 0.6) is 0 Å². The van der Waals surface area contributed by atoms with Crippen molar-refractivity contribution in [1.82, 2.24) is 5.06 Å². The van der Waals surface area contributed by atoms with E-state index in [1.807, 2.05) is 5.06 Å². The molecular formula is C7H14N2O. The van der Waals surface area contributed by atoms with Gasteiger partial charge in [0.15, 0.2) is 0 Å². The second-order valence-corrected chi connectivity index (χ2v) is 3.41. The Hall–Kier alpha value is -0.120. The quantitative estimate of drug-likeness (QED) is 0.595. The van der Waals surface area contributed by atoms with E-state index in [0.717, 1.165) is 26.1 Å². The Kier molecular flexibility index (Phi) is 1.44. The summed E-state index contributed by atoms with van der Waals surface area (Å²) in [6.07, 6.45) is 3.51. The van der Waals surface area contributed by atoms with Crippen molar-refractivity contribution in [1.29, 1.82) is 0 Å². The average Bonchev–Trinajstić information content (AvgIpc) is 2.47. The van der Waals surface area contributed by atoms with E-state index in [1.54, 1.807) is 0 Å². The van der Waals surface area contributed by atoms with Crippen LogP contribution in [0.3, 0.4) is 0 Å². The van der Waals surface area contributed by atoms with E-state index in [4.69, 9.17) is 10.6 Å². The van der Waals surface area contributed by atoms with Crippen molar-refractivity contribution < 1.29 is 4.84 Å². The zero-order valence-corrected chi connectivity index (χ0v) is 6.18. The van der Waals surface area contributed by atoms with Crippen LogP contribution in [-0.4, -0.2) is 30.3 Å². The molecule has 1 saturated heterocycles. The van der Waals surface area contributed by atoms with Crippen LogP contribution in [0.15, 0.2) is 0 Å². The molecule has 0 unspecified atom stereocenters. The summed E-state index contributed by atoms with van der Waals surface area (Å²) in [4.78, 5) is 5.32. The third-order valence-electron chi connectivity index (χ3n) is 2.21. The predicted molar refractivity (Wildman–Crippen MR) is 38.3 cm³/mol. The van der Waals surface area contributed by atoms with Crippen LogP contribution in [0.2, 0.25) is 0 Å². The Labute approximate surface area is 61.1 Å². The monoisotopic (exact) mass is 142 g/mol. The molecule has 3 nitrogen and oxygen atoms in total. The van der Waals surface area contributed by atoms with Gasteiger partial charge in [0.25, 0.3) is 0 Å². The van der Waals surface area contributed by atoms with Crippen molar-refractivity contribution in [3.63, 3.8) is 0 Å². The van der Waals surface area contributed by atoms with Gasteiger partial charge in [-0.3, -0.25) is 4.84 Å². The molecule has 2 N–H and O–H groups in total. The van der Waals surface area contributed by atoms with Crippen molar-refractivity contribution in [3.8, 4) is 0 Å². The van der Waals surface area contributed by atoms with Crippen LogP contribution in [0.1, 0.15) is 19.3 Å². The van der Waals surface area contributed by atoms with E-state index in [0.29, 0.717) is 0 Å². The standard InChI is InChI=1S/C7H14N2O/c8-7(2-3-7)6-9-4-1-5-10-9/h1-6,8H2. The third kappa shape index (κ3) is 1.31. The lowest BCUT2D eigenvalue weighted by atomic mass is 10.3. The summed E-state index contributed by atoms with van der Waals surface area (Å²) >= 11 is 0. The molecule has 2 rings (SSSR count). The smallest absolute Gasteiger partial charge is 0.0698 e. The summed E-state index contributed by atoms with van der Waals surface area (Å²) < 4.78 is 0. The van der Waals surface area contributed by atoms with E-state index in [9.17, 15) is 0 Å². The fraction of sp³-hybridized carbons (Fsp3) is 1.00. The van der Waals surface area contributed by atoms with Gasteiger partial charge in [0.2, 0.25) is 0 Å². The maximum atomic E-state index is 5.90. The molecule has 0 bridgehead atoms. The number of hydroxylamine groups is 2. The lowest BCUT2D eigenvalue weighted by Gasteiger charge is -2.17. The lowest BCUT2D eigenvalue weighted by molar-refractivity contribution is -0.114. The second-order valence-electron chi connectivity index (χ2n) is 3.41. The maximum absolute atomic E-state index is 5.90. The van der Waals surface area contributed by atoms with Crippen molar-refractivity contribution in [3.05, 3.63) is 0 Å². The number of nitrogens with zero attached hydrogens (tertiary/aromatic N) is 1. The highest BCUT2D eigenvalue weighted by atomic mass is 16.7. The zero-order chi connectivity index (χ0) is 7.03. The van der Waals surface area contributed by atoms with Crippen LogP contribution in [0.4, 0.5) is 0 Å². The molecule has 0 radical (unpaired) electrons. The van der Waals surface area contributed by atoms with Crippen molar-refractivity contribution in [2.24, 2.45) is 5.73 Å². The molecule has 0 aromatic heterocycles. The van der Waals surface area contributed by atoms with Gasteiger partial charge in [-0.1, -0.05) is 0 Å². The number of hydrogen-bond donors (Lipinski definition) is 1. The van der Waals surface area contributed by atoms with Crippen molar-refractivity contribution in [2.75, 3.05) is 19.7 Å². The highest BCUT2D eigenvalue weighted by molar-refractivity contribution is 5.00. The molecule has 1 heterocycles. The molecule has 0 atom stereocenters. The Bertz CT molecular complexity index is 128. The summed E-state index contributed by atoms with van der Waals surface area (Å²) in [5.41, 5.74) is 6.02. The topological polar surface area (TPSA) is 38.5 Å². The van der Waals surface area contributed by atoms with Gasteiger partial charge in [-0.25, -0.2) is 0 Å². The fourth-order valence-corrected chi connectivity index (χ4v) is 1.29. The summed E-state index contributed by atoms with van der Waals surface area (Å²) in [5, 5.41) is 2.01. The largest absolute Gasteiger partial charge is 0.324 e. The van der Waals surface area contributed by atoms with Crippen LogP contribution < -0.4 is 5.73 Å². The molecule has 0 aromatic carbocycles. The minimum Gasteiger partial charge on any atom is -0.324 e. The molecule has 1 saturated carbocycles. The van der Waals surface area contributed by atoms with Gasteiger partial charge in [-0.15, -0.1) is 0 Å². The molecule has 10 heavy (non-hydrogen) atoms. The predicted octanol–water partition coefficient (Wildman–Crippen LogP) is 0.115. The first-order valence-electron chi connectivity index (χ1n) is 3.95. The Balaban J connectivity index is 1.78. The molecule has 58 valence electrons. The van der Waals surface area contributed by atoms with Gasteiger partial charge in [0.1, 0.15) is 0 Å². The Morgan fingerprint density at radius 2 is 2.30 bits per heavy atom. The van der Waals surface area contributed by atoms with Crippen LogP contribution in [0.25, 0.3) is 0 Å². The van der Waals surface area contributed by atoms with Crippen LogP contribution >= 0.6 is 0 Å². The van der Waals surface area contributed by atoms with Crippen LogP contribution in [-0.2, 0) is 4.84 Å². The van der Waals surface area contributed by atoms with Gasteiger partial charge < -0.3 is 5.73 Å². The third-order valence-corrected chi connectivity index (χ3v) is 2.21. The highest BCUT2D eigenvalue weighted by Gasteiger charge is 2.40. The minimum absolute atomic E-state index is 0.115. The van der Waals surface area contributed by atoms with Crippen LogP contribution in [0, 0.1) is 0 Å². The molecular weight excluding hydrogens is 128 g/mol. The Morgan fingerprint density at radius 1 is 1.50 bits per heavy atom. The maximum Gasteiger partial charge on any atom is 0.0698 e. The lowest BCUT2D eigenvalue weighted by Crippen LogP contribution is -2.37. The fourth-order valence-electron chi connectivity index (χ4n) is 1.29. The number of nitrogens with two attached hydrogens (primary N) is 1. The molecule has 0 amide bonds. The first-order valence-corrected chi connectivity index (χ1v) is 3.95. The van der Waals surface area contributed by atoms with E-state index < -0.39 is 0 Å². The SMILES string of the molecule is NC1(CN2CCCO2)CC1. The van der Waals surface area contributed by atoms with Gasteiger partial charge >= 0.3 is 0 Å². The molecule has 1 aliphatic heterocycles. The molecule has 2 aliphatic rings. The van der Waals surface area contributed by atoms with Crippen molar-refractivity contribution >= 4 is 0 Å². The summed E-state index contributed by atoms with van der Waals surface area (Å²) in [5.74, 6) is 0. The minimum atomic E-state index is 0.115. The first kappa shape index (κ1) is 6.58. The molecule has 3 heteroatoms. The summed E-state index contributed by atoms with van der Waals surface area (Å²) in [7, 11) is 0. The van der Waals surface area contributed by atoms with E-state index in [-0.39, 0.29) is 5.54 Å². The summed E-state index contributed by atoms with van der Waals surface area (Å²) in [6, 6.07) is 0. The van der Waals surface area contributed by atoms with E-state index in [2.05, 4.69) is 0 Å². The van der Waals surface area contributed by atoms with E-state index in [1.165, 1.54) is 12.8 Å². The highest BCUT2D eigenvalue weighted by Crippen LogP contribution is 2.33. The number of hydrogen-bond acceptors (Lipinski definition) is 3. The van der Waals surface area contributed by atoms with E-state index >= 15 is 0 Å². The molecule has 0 spiro atoms. The van der Waals surface area contributed by atoms with Gasteiger partial charge in [0.05, 0.1) is 6.61 Å². The molecule has 0 aromatic rings. The Morgan fingerprint density at radius 3 is 2.80 bits per heavy atom. The van der Waals surface area contributed by atoms with Crippen molar-refractivity contribution in [2.45, 2.75) is 24.8 Å². The molecule has 1 aliphatic carbocycles. The van der Waals surface area contributed by atoms with Gasteiger partial charge in [-0.05, 0) is 19.3 Å². The summed E-state index contributed by atoms with van der Waals surface area (Å²) in [6.45, 7) is 2.89. The van der Waals surface area contributed by atoms with Gasteiger partial charge in [0, 0.05) is 18.6 Å². The first-order chi connectivity index (χ1) is 4.79. The average molecular weight is 142 g/mol. The number of rotatable bonds is 2. The van der Waals surface area contributed by atoms with Gasteiger partial charge in [-0.2, -0.15) is 5.06 Å². The second kappa shape index (κ2) is 2.19. The zero-order valence-electron chi connectivity index (χ0n) is 6.18.